The molecule has 0 aromatic heterocycles. The molecule has 1 fully saturated rings. The number of hydrogen-bond acceptors (Lipinski definition) is 3. The Balaban J connectivity index is 1.75. The Morgan fingerprint density at radius 2 is 2.24 bits per heavy atom. The van der Waals surface area contributed by atoms with E-state index >= 15 is 0 Å². The molecule has 4 heteroatoms. The lowest BCUT2D eigenvalue weighted by atomic mass is 10.1. The molecule has 0 radical (unpaired) electrons. The largest absolute Gasteiger partial charge is 0.353 e. The summed E-state index contributed by atoms with van der Waals surface area (Å²) in [7, 11) is 0. The number of amides is 1. The van der Waals surface area contributed by atoms with Gasteiger partial charge in [-0.1, -0.05) is 19.1 Å². The predicted octanol–water partition coefficient (Wildman–Crippen LogP) is 3.51. The molecular weight excluding hydrogens is 280 g/mol. The average molecular weight is 306 g/mol. The van der Waals surface area contributed by atoms with Crippen LogP contribution in [-0.2, 0) is 4.79 Å². The molecule has 116 valence electrons. The van der Waals surface area contributed by atoms with Gasteiger partial charge in [0.2, 0.25) is 5.91 Å². The number of benzene rings is 1. The maximum atomic E-state index is 11.6. The van der Waals surface area contributed by atoms with E-state index in [0.29, 0.717) is 18.5 Å². The minimum Gasteiger partial charge on any atom is -0.353 e. The molecule has 1 aliphatic carbocycles. The van der Waals surface area contributed by atoms with Crippen molar-refractivity contribution in [3.8, 4) is 0 Å². The Labute approximate surface area is 132 Å². The molecule has 1 aliphatic rings. The Hall–Kier alpha value is -1.00. The molecule has 2 rings (SSSR count). The first-order chi connectivity index (χ1) is 10.2. The second-order valence-corrected chi connectivity index (χ2v) is 6.86. The number of rotatable bonds is 9. The molecule has 0 spiro atoms. The van der Waals surface area contributed by atoms with E-state index in [-0.39, 0.29) is 5.91 Å². The van der Waals surface area contributed by atoms with Crippen LogP contribution in [0.25, 0.3) is 0 Å². The van der Waals surface area contributed by atoms with Gasteiger partial charge in [0, 0.05) is 29.2 Å². The van der Waals surface area contributed by atoms with Crippen LogP contribution in [0.3, 0.4) is 0 Å². The highest BCUT2D eigenvalue weighted by Gasteiger charge is 2.22. The van der Waals surface area contributed by atoms with Gasteiger partial charge in [-0.05, 0) is 50.4 Å². The lowest BCUT2D eigenvalue weighted by molar-refractivity contribution is -0.120. The highest BCUT2D eigenvalue weighted by Crippen LogP contribution is 2.23. The van der Waals surface area contributed by atoms with Gasteiger partial charge >= 0.3 is 0 Å². The van der Waals surface area contributed by atoms with Crippen LogP contribution >= 0.6 is 11.8 Å². The van der Waals surface area contributed by atoms with Crippen LogP contribution < -0.4 is 10.6 Å². The normalized spacial score (nSPS) is 15.7. The lowest BCUT2D eigenvalue weighted by Crippen LogP contribution is -2.25. The fourth-order valence-electron chi connectivity index (χ4n) is 2.14. The standard InChI is InChI=1S/C17H26N2OS/c1-3-10-18-13(2)14-5-4-6-16(12-14)21-11-9-17(20)19-15-7-8-15/h4-6,12-13,15,18H,3,7-11H2,1-2H3,(H,19,20). The van der Waals surface area contributed by atoms with Crippen LogP contribution in [0, 0.1) is 0 Å². The zero-order valence-electron chi connectivity index (χ0n) is 13.0. The van der Waals surface area contributed by atoms with Gasteiger partial charge in [-0.2, -0.15) is 0 Å². The number of carbonyl (C=O) groups is 1. The van der Waals surface area contributed by atoms with Crippen LogP contribution in [0.5, 0.6) is 0 Å². The summed E-state index contributed by atoms with van der Waals surface area (Å²) in [5, 5.41) is 6.54. The minimum atomic E-state index is 0.194. The van der Waals surface area contributed by atoms with Gasteiger partial charge in [0.1, 0.15) is 0 Å². The summed E-state index contributed by atoms with van der Waals surface area (Å²) in [6, 6.07) is 9.47. The first-order valence-corrected chi connectivity index (χ1v) is 8.93. The highest BCUT2D eigenvalue weighted by molar-refractivity contribution is 7.99. The third kappa shape index (κ3) is 6.10. The molecule has 1 atom stereocenters. The van der Waals surface area contributed by atoms with Crippen molar-refractivity contribution in [3.63, 3.8) is 0 Å². The third-order valence-corrected chi connectivity index (χ3v) is 4.59. The van der Waals surface area contributed by atoms with Crippen molar-refractivity contribution < 1.29 is 4.79 Å². The van der Waals surface area contributed by atoms with Crippen molar-refractivity contribution >= 4 is 17.7 Å². The smallest absolute Gasteiger partial charge is 0.221 e. The molecule has 1 amide bonds. The van der Waals surface area contributed by atoms with Gasteiger partial charge in [-0.15, -0.1) is 11.8 Å². The molecule has 3 nitrogen and oxygen atoms in total. The van der Waals surface area contributed by atoms with E-state index in [4.69, 9.17) is 0 Å². The van der Waals surface area contributed by atoms with Gasteiger partial charge in [-0.25, -0.2) is 0 Å². The summed E-state index contributed by atoms with van der Waals surface area (Å²) in [5.74, 6) is 1.04. The Bertz CT molecular complexity index is 460. The van der Waals surface area contributed by atoms with Gasteiger partial charge in [-0.3, -0.25) is 4.79 Å². The molecule has 1 unspecified atom stereocenters. The maximum Gasteiger partial charge on any atom is 0.221 e. The predicted molar refractivity (Wildman–Crippen MR) is 89.7 cm³/mol. The molecule has 1 aromatic rings. The van der Waals surface area contributed by atoms with Gasteiger partial charge in [0.15, 0.2) is 0 Å². The molecule has 0 heterocycles. The fraction of sp³-hybridized carbons (Fsp3) is 0.588. The van der Waals surface area contributed by atoms with Crippen molar-refractivity contribution in [3.05, 3.63) is 29.8 Å². The molecule has 0 aliphatic heterocycles. The Kier molecular flexibility index (Phi) is 6.58. The fourth-order valence-corrected chi connectivity index (χ4v) is 3.06. The Morgan fingerprint density at radius 1 is 1.43 bits per heavy atom. The van der Waals surface area contributed by atoms with Crippen molar-refractivity contribution in [2.24, 2.45) is 0 Å². The maximum absolute atomic E-state index is 11.6. The van der Waals surface area contributed by atoms with E-state index in [2.05, 4.69) is 48.7 Å². The van der Waals surface area contributed by atoms with E-state index in [1.54, 1.807) is 11.8 Å². The van der Waals surface area contributed by atoms with E-state index < -0.39 is 0 Å². The van der Waals surface area contributed by atoms with Crippen LogP contribution in [0.15, 0.2) is 29.2 Å². The van der Waals surface area contributed by atoms with Gasteiger partial charge < -0.3 is 10.6 Å². The average Bonchev–Trinajstić information content (AvgIpc) is 3.29. The minimum absolute atomic E-state index is 0.194. The van der Waals surface area contributed by atoms with Crippen LogP contribution in [0.4, 0.5) is 0 Å². The summed E-state index contributed by atoms with van der Waals surface area (Å²) >= 11 is 1.76. The summed E-state index contributed by atoms with van der Waals surface area (Å²) in [4.78, 5) is 12.9. The number of hydrogen-bond donors (Lipinski definition) is 2. The quantitative estimate of drug-likeness (QED) is 0.686. The Morgan fingerprint density at radius 3 is 2.95 bits per heavy atom. The summed E-state index contributed by atoms with van der Waals surface area (Å²) in [6.07, 6.45) is 4.07. The second kappa shape index (κ2) is 8.44. The zero-order valence-corrected chi connectivity index (χ0v) is 13.8. The monoisotopic (exact) mass is 306 g/mol. The third-order valence-electron chi connectivity index (χ3n) is 3.60. The van der Waals surface area contributed by atoms with Crippen LogP contribution in [-0.4, -0.2) is 24.2 Å². The molecule has 2 N–H and O–H groups in total. The topological polar surface area (TPSA) is 41.1 Å². The van der Waals surface area contributed by atoms with Crippen molar-refractivity contribution in [2.75, 3.05) is 12.3 Å². The number of nitrogens with one attached hydrogen (secondary N) is 2. The van der Waals surface area contributed by atoms with Gasteiger partial charge in [0.05, 0.1) is 0 Å². The van der Waals surface area contributed by atoms with Crippen molar-refractivity contribution in [1.29, 1.82) is 0 Å². The highest BCUT2D eigenvalue weighted by atomic mass is 32.2. The summed E-state index contributed by atoms with van der Waals surface area (Å²) in [6.45, 7) is 5.42. The van der Waals surface area contributed by atoms with E-state index in [1.165, 1.54) is 10.5 Å². The number of thioether (sulfide) groups is 1. The molecule has 0 saturated heterocycles. The van der Waals surface area contributed by atoms with E-state index in [1.807, 2.05) is 0 Å². The zero-order chi connectivity index (χ0) is 15.1. The lowest BCUT2D eigenvalue weighted by Gasteiger charge is -2.14. The molecule has 0 bridgehead atoms. The summed E-state index contributed by atoms with van der Waals surface area (Å²) < 4.78 is 0. The van der Waals surface area contributed by atoms with Crippen molar-refractivity contribution in [1.82, 2.24) is 10.6 Å². The molecule has 1 aromatic carbocycles. The van der Waals surface area contributed by atoms with Gasteiger partial charge in [0.25, 0.3) is 0 Å². The first kappa shape index (κ1) is 16.4. The molecule has 21 heavy (non-hydrogen) atoms. The van der Waals surface area contributed by atoms with E-state index in [9.17, 15) is 4.79 Å². The second-order valence-electron chi connectivity index (χ2n) is 5.69. The van der Waals surface area contributed by atoms with E-state index in [0.717, 1.165) is 31.6 Å². The summed E-state index contributed by atoms with van der Waals surface area (Å²) in [5.41, 5.74) is 1.32. The van der Waals surface area contributed by atoms with Crippen LogP contribution in [0.1, 0.15) is 51.1 Å². The van der Waals surface area contributed by atoms with Crippen molar-refractivity contribution in [2.45, 2.75) is 56.5 Å². The molecule has 1 saturated carbocycles. The first-order valence-electron chi connectivity index (χ1n) is 7.94. The van der Waals surface area contributed by atoms with Crippen LogP contribution in [0.2, 0.25) is 0 Å². The SMILES string of the molecule is CCCNC(C)c1cccc(SCCC(=O)NC2CC2)c1. The molecular formula is C17H26N2OS. The number of carbonyl (C=O) groups excluding carboxylic acids is 1.